The molecule has 0 aromatic carbocycles. The molecule has 0 aliphatic heterocycles. The normalized spacial score (nSPS) is 12.7. The highest BCUT2D eigenvalue weighted by molar-refractivity contribution is 7.98. The summed E-state index contributed by atoms with van der Waals surface area (Å²) >= 11 is 1.64. The van der Waals surface area contributed by atoms with Gasteiger partial charge in [0, 0.05) is 37.1 Å². The number of allylic oxidation sites excluding steroid dienone is 10. The van der Waals surface area contributed by atoms with Crippen molar-refractivity contribution >= 4 is 29.5 Å². The first-order valence-electron chi connectivity index (χ1n) is 16.3. The van der Waals surface area contributed by atoms with Crippen LogP contribution in [0.25, 0.3) is 0 Å². The van der Waals surface area contributed by atoms with Gasteiger partial charge < -0.3 is 20.5 Å². The van der Waals surface area contributed by atoms with Crippen LogP contribution in [-0.4, -0.2) is 60.7 Å². The van der Waals surface area contributed by atoms with Crippen LogP contribution in [0.3, 0.4) is 0 Å². The Morgan fingerprint density at radius 1 is 0.773 bits per heavy atom. The molecule has 0 bridgehead atoms. The lowest BCUT2D eigenvalue weighted by Gasteiger charge is -2.29. The van der Waals surface area contributed by atoms with Crippen LogP contribution in [0.15, 0.2) is 60.8 Å². The molecule has 44 heavy (non-hydrogen) atoms. The van der Waals surface area contributed by atoms with E-state index >= 15 is 0 Å². The third-order valence-corrected chi connectivity index (χ3v) is 6.90. The number of amides is 2. The summed E-state index contributed by atoms with van der Waals surface area (Å²) in [7, 11) is 0. The van der Waals surface area contributed by atoms with E-state index in [0.29, 0.717) is 13.0 Å². The van der Waals surface area contributed by atoms with Crippen LogP contribution < -0.4 is 10.6 Å². The minimum atomic E-state index is -1.36. The average molecular weight is 635 g/mol. The molecule has 0 aromatic rings. The SMILES string of the molecule is CC/C=C\C/C=C\C/C=C\C/C=C\C/C=C\CCCC(=O)OCC(C)(C)C(O)C(=O)NCCC(=O)NCCSC.CCCC. The van der Waals surface area contributed by atoms with Gasteiger partial charge in [0.2, 0.25) is 11.8 Å². The molecular formula is C36H62N2O5S. The van der Waals surface area contributed by atoms with E-state index in [1.807, 2.05) is 6.26 Å². The Kier molecular flexibility index (Phi) is 31.5. The molecule has 0 saturated carbocycles. The number of rotatable bonds is 24. The van der Waals surface area contributed by atoms with Crippen molar-refractivity contribution in [2.75, 3.05) is 31.7 Å². The van der Waals surface area contributed by atoms with Gasteiger partial charge in [-0.25, -0.2) is 0 Å². The van der Waals surface area contributed by atoms with Crippen LogP contribution in [0, 0.1) is 5.41 Å². The van der Waals surface area contributed by atoms with Crippen molar-refractivity contribution in [3.05, 3.63) is 60.8 Å². The number of hydrogen-bond donors (Lipinski definition) is 3. The second-order valence-electron chi connectivity index (χ2n) is 11.0. The lowest BCUT2D eigenvalue weighted by molar-refractivity contribution is -0.153. The van der Waals surface area contributed by atoms with Crippen LogP contribution in [0.2, 0.25) is 0 Å². The van der Waals surface area contributed by atoms with Gasteiger partial charge in [-0.2, -0.15) is 11.8 Å². The molecule has 0 rings (SSSR count). The Morgan fingerprint density at radius 3 is 1.80 bits per heavy atom. The number of carbonyl (C=O) groups excluding carboxylic acids is 3. The summed E-state index contributed by atoms with van der Waals surface area (Å²) < 4.78 is 5.31. The van der Waals surface area contributed by atoms with Crippen LogP contribution >= 0.6 is 11.8 Å². The van der Waals surface area contributed by atoms with Gasteiger partial charge in [0.1, 0.15) is 6.10 Å². The van der Waals surface area contributed by atoms with Crippen LogP contribution in [0.5, 0.6) is 0 Å². The van der Waals surface area contributed by atoms with Crippen molar-refractivity contribution in [2.24, 2.45) is 5.41 Å². The number of hydrogen-bond acceptors (Lipinski definition) is 6. The summed E-state index contributed by atoms with van der Waals surface area (Å²) in [5.74, 6) is -0.263. The van der Waals surface area contributed by atoms with Gasteiger partial charge in [-0.3, -0.25) is 14.4 Å². The van der Waals surface area contributed by atoms with E-state index in [1.54, 1.807) is 25.6 Å². The number of aliphatic hydroxyl groups is 1. The lowest BCUT2D eigenvalue weighted by atomic mass is 9.87. The van der Waals surface area contributed by atoms with Crippen molar-refractivity contribution in [1.29, 1.82) is 0 Å². The zero-order valence-corrected chi connectivity index (χ0v) is 29.3. The fraction of sp³-hybridized carbons (Fsp3) is 0.639. The summed E-state index contributed by atoms with van der Waals surface area (Å²) in [6, 6.07) is 0. The quantitative estimate of drug-likeness (QED) is 0.0573. The van der Waals surface area contributed by atoms with Crippen molar-refractivity contribution in [2.45, 2.75) is 111 Å². The molecule has 0 saturated heterocycles. The molecule has 7 nitrogen and oxygen atoms in total. The van der Waals surface area contributed by atoms with Crippen molar-refractivity contribution in [1.82, 2.24) is 10.6 Å². The van der Waals surface area contributed by atoms with Crippen molar-refractivity contribution < 1.29 is 24.2 Å². The molecule has 8 heteroatoms. The predicted octanol–water partition coefficient (Wildman–Crippen LogP) is 7.63. The van der Waals surface area contributed by atoms with Gasteiger partial charge in [0.25, 0.3) is 0 Å². The summed E-state index contributed by atoms with van der Waals surface area (Å²) in [5.41, 5.74) is -0.954. The molecule has 0 aliphatic carbocycles. The highest BCUT2D eigenvalue weighted by Crippen LogP contribution is 2.22. The number of carbonyl (C=O) groups is 3. The molecule has 0 aliphatic rings. The molecule has 0 aromatic heterocycles. The maximum atomic E-state index is 12.3. The lowest BCUT2D eigenvalue weighted by Crippen LogP contribution is -2.47. The molecular weight excluding hydrogens is 572 g/mol. The predicted molar refractivity (Wildman–Crippen MR) is 189 cm³/mol. The van der Waals surface area contributed by atoms with Gasteiger partial charge in [0.15, 0.2) is 0 Å². The summed E-state index contributed by atoms with van der Waals surface area (Å²) in [4.78, 5) is 36.1. The Morgan fingerprint density at radius 2 is 1.30 bits per heavy atom. The maximum absolute atomic E-state index is 12.3. The Hall–Kier alpha value is -2.58. The van der Waals surface area contributed by atoms with E-state index in [1.165, 1.54) is 12.8 Å². The van der Waals surface area contributed by atoms with Gasteiger partial charge in [-0.15, -0.1) is 0 Å². The minimum Gasteiger partial charge on any atom is -0.465 e. The average Bonchev–Trinajstić information content (AvgIpc) is 3.01. The monoisotopic (exact) mass is 634 g/mol. The number of ether oxygens (including phenoxy) is 1. The van der Waals surface area contributed by atoms with Crippen LogP contribution in [0.4, 0.5) is 0 Å². The molecule has 1 atom stereocenters. The second kappa shape index (κ2) is 31.8. The van der Waals surface area contributed by atoms with Gasteiger partial charge in [-0.05, 0) is 51.2 Å². The van der Waals surface area contributed by atoms with Crippen LogP contribution in [-0.2, 0) is 19.1 Å². The fourth-order valence-corrected chi connectivity index (χ4v) is 3.59. The van der Waals surface area contributed by atoms with E-state index in [0.717, 1.165) is 44.3 Å². The molecule has 0 radical (unpaired) electrons. The Bertz CT molecular complexity index is 876. The molecule has 1 unspecified atom stereocenters. The molecule has 252 valence electrons. The third kappa shape index (κ3) is 29.5. The minimum absolute atomic E-state index is 0.0722. The molecule has 0 fully saturated rings. The second-order valence-corrected chi connectivity index (χ2v) is 12.0. The molecule has 3 N–H and O–H groups in total. The number of thioether (sulfide) groups is 1. The van der Waals surface area contributed by atoms with Gasteiger partial charge in [0.05, 0.1) is 6.61 Å². The molecule has 0 heterocycles. The van der Waals surface area contributed by atoms with Gasteiger partial charge >= 0.3 is 5.97 Å². The van der Waals surface area contributed by atoms with Crippen molar-refractivity contribution in [3.63, 3.8) is 0 Å². The number of aliphatic hydroxyl groups excluding tert-OH is 1. The van der Waals surface area contributed by atoms with E-state index in [2.05, 4.69) is 92.2 Å². The maximum Gasteiger partial charge on any atom is 0.305 e. The van der Waals surface area contributed by atoms with E-state index < -0.39 is 17.4 Å². The van der Waals surface area contributed by atoms with E-state index in [-0.39, 0.29) is 37.9 Å². The van der Waals surface area contributed by atoms with E-state index in [4.69, 9.17) is 4.74 Å². The van der Waals surface area contributed by atoms with Crippen molar-refractivity contribution in [3.8, 4) is 0 Å². The molecule has 0 spiro atoms. The smallest absolute Gasteiger partial charge is 0.305 e. The number of unbranched alkanes of at least 4 members (excludes halogenated alkanes) is 2. The largest absolute Gasteiger partial charge is 0.465 e. The summed E-state index contributed by atoms with van der Waals surface area (Å²) in [6.45, 7) is 10.5. The Labute approximate surface area is 273 Å². The number of nitrogens with one attached hydrogen (secondary N) is 2. The zero-order chi connectivity index (χ0) is 33.3. The first-order valence-corrected chi connectivity index (χ1v) is 17.7. The standard InChI is InChI=1S/C32H52N2O5S.C4H10/c1-5-6-7-8-9-10-11-12-13-14-15-16-17-18-19-20-21-22-29(36)39-27-32(2,3)30(37)31(38)34-24-23-28(35)33-25-26-40-4;1-3-4-2/h6-7,9-10,12-13,15-16,18-19,30,37H,5,8,11,14,17,20-27H2,1-4H3,(H,33,35)(H,34,38);3-4H2,1-2H3/b7-6-,10-9-,13-12-,16-15-,19-18-;. The molecule has 2 amide bonds. The van der Waals surface area contributed by atoms with E-state index in [9.17, 15) is 19.5 Å². The highest BCUT2D eigenvalue weighted by atomic mass is 32.2. The first kappa shape index (κ1) is 43.5. The number of esters is 1. The first-order chi connectivity index (χ1) is 21.2. The summed E-state index contributed by atoms with van der Waals surface area (Å²) in [5, 5.41) is 15.7. The van der Waals surface area contributed by atoms with Crippen LogP contribution in [0.1, 0.15) is 105 Å². The topological polar surface area (TPSA) is 105 Å². The Balaban J connectivity index is 0. The third-order valence-electron chi connectivity index (χ3n) is 6.28. The highest BCUT2D eigenvalue weighted by Gasteiger charge is 2.34. The zero-order valence-electron chi connectivity index (χ0n) is 28.4. The summed E-state index contributed by atoms with van der Waals surface area (Å²) in [6.07, 6.45) is 31.4. The van der Waals surface area contributed by atoms with Gasteiger partial charge in [-0.1, -0.05) is 108 Å². The fourth-order valence-electron chi connectivity index (χ4n) is 3.28.